The number of aryl methyl sites for hydroxylation is 1. The quantitative estimate of drug-likeness (QED) is 0.753. The molecule has 1 aromatic rings. The maximum Gasteiger partial charge on any atom is 0.346 e. The SMILES string of the molecule is CC(=O)N1CCCN(C(=O)Cn2nc3n(c2=O)CCCCC3)CC1. The molecule has 1 saturated heterocycles. The zero-order valence-electron chi connectivity index (χ0n) is 14.2. The Hall–Kier alpha value is -2.12. The Balaban J connectivity index is 1.67. The lowest BCUT2D eigenvalue weighted by Gasteiger charge is -2.21. The van der Waals surface area contributed by atoms with E-state index in [0.29, 0.717) is 32.7 Å². The van der Waals surface area contributed by atoms with Crippen molar-refractivity contribution in [3.05, 3.63) is 16.3 Å². The summed E-state index contributed by atoms with van der Waals surface area (Å²) in [5.41, 5.74) is -0.180. The Labute approximate surface area is 141 Å². The lowest BCUT2D eigenvalue weighted by Crippen LogP contribution is -2.40. The van der Waals surface area contributed by atoms with E-state index in [1.165, 1.54) is 4.68 Å². The van der Waals surface area contributed by atoms with Gasteiger partial charge >= 0.3 is 5.69 Å². The van der Waals surface area contributed by atoms with E-state index in [1.807, 2.05) is 0 Å². The highest BCUT2D eigenvalue weighted by atomic mass is 16.2. The summed E-state index contributed by atoms with van der Waals surface area (Å²) in [7, 11) is 0. The molecular formula is C16H25N5O3. The van der Waals surface area contributed by atoms with Crippen LogP contribution >= 0.6 is 0 Å². The molecule has 2 aliphatic rings. The Morgan fingerprint density at radius 2 is 1.71 bits per heavy atom. The Morgan fingerprint density at radius 3 is 2.50 bits per heavy atom. The molecule has 1 fully saturated rings. The van der Waals surface area contributed by atoms with Gasteiger partial charge in [-0.2, -0.15) is 5.10 Å². The molecule has 3 rings (SSSR count). The number of nitrogens with zero attached hydrogens (tertiary/aromatic N) is 5. The smallest absolute Gasteiger partial charge is 0.341 e. The molecule has 2 aliphatic heterocycles. The van der Waals surface area contributed by atoms with Crippen LogP contribution in [0.4, 0.5) is 0 Å². The van der Waals surface area contributed by atoms with Crippen molar-refractivity contribution in [2.45, 2.75) is 52.1 Å². The minimum absolute atomic E-state index is 0.0150. The van der Waals surface area contributed by atoms with E-state index in [2.05, 4.69) is 5.10 Å². The van der Waals surface area contributed by atoms with Gasteiger partial charge in [-0.25, -0.2) is 9.48 Å². The summed E-state index contributed by atoms with van der Waals surface area (Å²) in [6.07, 6.45) is 4.70. The van der Waals surface area contributed by atoms with Gasteiger partial charge < -0.3 is 9.80 Å². The van der Waals surface area contributed by atoms with Gasteiger partial charge in [0, 0.05) is 46.1 Å². The van der Waals surface area contributed by atoms with Gasteiger partial charge in [0.25, 0.3) is 0 Å². The fourth-order valence-corrected chi connectivity index (χ4v) is 3.44. The third-order valence-corrected chi connectivity index (χ3v) is 4.86. The molecule has 8 nitrogen and oxygen atoms in total. The van der Waals surface area contributed by atoms with Crippen LogP contribution in [0.1, 0.15) is 38.4 Å². The van der Waals surface area contributed by atoms with Crippen LogP contribution < -0.4 is 5.69 Å². The van der Waals surface area contributed by atoms with Crippen molar-refractivity contribution in [3.63, 3.8) is 0 Å². The highest BCUT2D eigenvalue weighted by Crippen LogP contribution is 2.10. The summed E-state index contributed by atoms with van der Waals surface area (Å²) in [5.74, 6) is 0.734. The summed E-state index contributed by atoms with van der Waals surface area (Å²) < 4.78 is 3.01. The lowest BCUT2D eigenvalue weighted by atomic mass is 10.2. The molecule has 0 radical (unpaired) electrons. The fraction of sp³-hybridized carbons (Fsp3) is 0.750. The van der Waals surface area contributed by atoms with Crippen molar-refractivity contribution in [2.24, 2.45) is 0 Å². The van der Waals surface area contributed by atoms with E-state index in [4.69, 9.17) is 0 Å². The number of aromatic nitrogens is 3. The molecule has 132 valence electrons. The molecule has 0 aromatic carbocycles. The predicted molar refractivity (Wildman–Crippen MR) is 87.5 cm³/mol. The van der Waals surface area contributed by atoms with Crippen LogP contribution in [0.15, 0.2) is 4.79 Å². The first-order valence-corrected chi connectivity index (χ1v) is 8.76. The topological polar surface area (TPSA) is 80.4 Å². The van der Waals surface area contributed by atoms with Crippen LogP contribution in [-0.4, -0.2) is 62.1 Å². The van der Waals surface area contributed by atoms with Crippen LogP contribution in [0.25, 0.3) is 0 Å². The highest BCUT2D eigenvalue weighted by Gasteiger charge is 2.23. The molecular weight excluding hydrogens is 310 g/mol. The average molecular weight is 335 g/mol. The van der Waals surface area contributed by atoms with Crippen LogP contribution in [0.2, 0.25) is 0 Å². The summed E-state index contributed by atoms with van der Waals surface area (Å²) in [6.45, 7) is 4.59. The summed E-state index contributed by atoms with van der Waals surface area (Å²) >= 11 is 0. The van der Waals surface area contributed by atoms with Crippen molar-refractivity contribution in [1.82, 2.24) is 24.1 Å². The molecule has 0 unspecified atom stereocenters. The van der Waals surface area contributed by atoms with Gasteiger partial charge in [-0.05, 0) is 19.3 Å². The summed E-state index contributed by atoms with van der Waals surface area (Å²) in [4.78, 5) is 39.9. The molecule has 8 heteroatoms. The summed E-state index contributed by atoms with van der Waals surface area (Å²) in [6, 6.07) is 0. The number of rotatable bonds is 2. The maximum absolute atomic E-state index is 12.5. The van der Waals surface area contributed by atoms with Crippen molar-refractivity contribution in [3.8, 4) is 0 Å². The largest absolute Gasteiger partial charge is 0.346 e. The molecule has 2 amide bonds. The van der Waals surface area contributed by atoms with Crippen LogP contribution in [0.3, 0.4) is 0 Å². The fourth-order valence-electron chi connectivity index (χ4n) is 3.44. The van der Waals surface area contributed by atoms with Crippen molar-refractivity contribution in [2.75, 3.05) is 26.2 Å². The standard InChI is InChI=1S/C16H25N5O3/c1-13(22)18-7-5-8-19(11-10-18)15(23)12-21-16(24)20-9-4-2-3-6-14(20)17-21/h2-12H2,1H3. The lowest BCUT2D eigenvalue weighted by molar-refractivity contribution is -0.133. The summed E-state index contributed by atoms with van der Waals surface area (Å²) in [5, 5.41) is 4.37. The maximum atomic E-state index is 12.5. The Kier molecular flexibility index (Phi) is 5.01. The second-order valence-electron chi connectivity index (χ2n) is 6.56. The molecule has 1 aromatic heterocycles. The van der Waals surface area contributed by atoms with Gasteiger partial charge in [0.1, 0.15) is 12.4 Å². The minimum atomic E-state index is -0.180. The molecule has 0 atom stereocenters. The molecule has 0 bridgehead atoms. The number of hydrogen-bond acceptors (Lipinski definition) is 4. The molecule has 0 aliphatic carbocycles. The first-order chi connectivity index (χ1) is 11.6. The van der Waals surface area contributed by atoms with Gasteiger partial charge in [0.2, 0.25) is 11.8 Å². The van der Waals surface area contributed by atoms with Gasteiger partial charge in [-0.15, -0.1) is 0 Å². The number of carbonyl (C=O) groups is 2. The van der Waals surface area contributed by atoms with Crippen LogP contribution in [-0.2, 0) is 29.1 Å². The van der Waals surface area contributed by atoms with E-state index >= 15 is 0 Å². The number of hydrogen-bond donors (Lipinski definition) is 0. The van der Waals surface area contributed by atoms with Crippen LogP contribution in [0, 0.1) is 0 Å². The second-order valence-corrected chi connectivity index (χ2v) is 6.56. The zero-order valence-corrected chi connectivity index (χ0v) is 14.2. The monoisotopic (exact) mass is 335 g/mol. The number of amides is 2. The highest BCUT2D eigenvalue weighted by molar-refractivity contribution is 5.76. The van der Waals surface area contributed by atoms with Gasteiger partial charge in [-0.3, -0.25) is 14.2 Å². The molecule has 0 spiro atoms. The van der Waals surface area contributed by atoms with Gasteiger partial charge in [0.15, 0.2) is 0 Å². The van der Waals surface area contributed by atoms with Gasteiger partial charge in [0.05, 0.1) is 0 Å². The van der Waals surface area contributed by atoms with E-state index in [1.54, 1.807) is 21.3 Å². The molecule has 3 heterocycles. The Bertz CT molecular complexity index is 678. The Morgan fingerprint density at radius 1 is 0.958 bits per heavy atom. The molecule has 24 heavy (non-hydrogen) atoms. The zero-order chi connectivity index (χ0) is 17.1. The normalized spacial score (nSPS) is 18.7. The predicted octanol–water partition coefficient (Wildman–Crippen LogP) is -0.148. The molecule has 0 N–H and O–H groups in total. The van der Waals surface area contributed by atoms with E-state index in [0.717, 1.165) is 37.9 Å². The molecule has 0 saturated carbocycles. The van der Waals surface area contributed by atoms with Crippen molar-refractivity contribution >= 4 is 11.8 Å². The van der Waals surface area contributed by atoms with E-state index in [9.17, 15) is 14.4 Å². The van der Waals surface area contributed by atoms with E-state index in [-0.39, 0.29) is 24.0 Å². The average Bonchev–Trinajstić information content (AvgIpc) is 2.80. The van der Waals surface area contributed by atoms with Gasteiger partial charge in [-0.1, -0.05) is 6.42 Å². The van der Waals surface area contributed by atoms with Crippen molar-refractivity contribution < 1.29 is 9.59 Å². The minimum Gasteiger partial charge on any atom is -0.341 e. The third kappa shape index (κ3) is 3.52. The second kappa shape index (κ2) is 7.19. The number of fused-ring (bicyclic) bond motifs is 1. The van der Waals surface area contributed by atoms with Crippen LogP contribution in [0.5, 0.6) is 0 Å². The van der Waals surface area contributed by atoms with E-state index < -0.39 is 0 Å². The first kappa shape index (κ1) is 16.7. The third-order valence-electron chi connectivity index (χ3n) is 4.86. The number of carbonyl (C=O) groups excluding carboxylic acids is 2. The van der Waals surface area contributed by atoms with Crippen molar-refractivity contribution in [1.29, 1.82) is 0 Å². The first-order valence-electron chi connectivity index (χ1n) is 8.76.